The second-order valence-corrected chi connectivity index (χ2v) is 5.95. The Bertz CT molecular complexity index is 1070. The summed E-state index contributed by atoms with van der Waals surface area (Å²) < 4.78 is 18.5. The fourth-order valence-electron chi connectivity index (χ4n) is 2.62. The van der Waals surface area contributed by atoms with E-state index < -0.39 is 28.9 Å². The highest BCUT2D eigenvalue weighted by atomic mass is 19.1. The third kappa shape index (κ3) is 4.81. The molecule has 146 valence electrons. The van der Waals surface area contributed by atoms with Gasteiger partial charge in [0.15, 0.2) is 12.4 Å². The zero-order chi connectivity index (χ0) is 20.8. The smallest absolute Gasteiger partial charge is 0.311 e. The van der Waals surface area contributed by atoms with Crippen molar-refractivity contribution in [2.75, 3.05) is 11.9 Å². The summed E-state index contributed by atoms with van der Waals surface area (Å²) in [5.74, 6) is -2.02. The van der Waals surface area contributed by atoms with Crippen LogP contribution in [0.25, 0.3) is 0 Å². The summed E-state index contributed by atoms with van der Waals surface area (Å²) in [7, 11) is 0. The summed E-state index contributed by atoms with van der Waals surface area (Å²) in [5.41, 5.74) is 0.548. The molecule has 1 N–H and O–H groups in total. The highest BCUT2D eigenvalue weighted by Gasteiger charge is 2.18. The molecule has 3 rings (SSSR count). The molecule has 0 aliphatic carbocycles. The second-order valence-electron chi connectivity index (χ2n) is 5.95. The SMILES string of the molecule is O=C(COc1cc(F)ccc1[N+](=O)[O-])Nc1ccccc1C(=O)c1ccccc1. The van der Waals surface area contributed by atoms with Crippen LogP contribution in [0.3, 0.4) is 0 Å². The molecule has 7 nitrogen and oxygen atoms in total. The molecule has 3 aromatic rings. The van der Waals surface area contributed by atoms with Gasteiger partial charge < -0.3 is 10.1 Å². The van der Waals surface area contributed by atoms with E-state index in [0.717, 1.165) is 18.2 Å². The molecule has 1 amide bonds. The second kappa shape index (κ2) is 8.75. The van der Waals surface area contributed by atoms with Gasteiger partial charge in [-0.05, 0) is 18.2 Å². The Hall–Kier alpha value is -4.07. The van der Waals surface area contributed by atoms with Crippen LogP contribution in [-0.4, -0.2) is 23.2 Å². The van der Waals surface area contributed by atoms with Crippen LogP contribution in [0, 0.1) is 15.9 Å². The first-order valence-electron chi connectivity index (χ1n) is 8.51. The molecule has 0 fully saturated rings. The number of halogens is 1. The maximum absolute atomic E-state index is 13.3. The Morgan fingerprint density at radius 3 is 2.41 bits per heavy atom. The number of hydrogen-bond acceptors (Lipinski definition) is 5. The first-order valence-corrected chi connectivity index (χ1v) is 8.51. The van der Waals surface area contributed by atoms with Gasteiger partial charge in [0.05, 0.1) is 10.6 Å². The molecule has 0 unspecified atom stereocenters. The minimum atomic E-state index is -0.736. The number of carbonyl (C=O) groups is 2. The van der Waals surface area contributed by atoms with Crippen LogP contribution < -0.4 is 10.1 Å². The summed E-state index contributed by atoms with van der Waals surface area (Å²) in [4.78, 5) is 35.2. The molecule has 0 aromatic heterocycles. The predicted molar refractivity (Wildman–Crippen MR) is 103 cm³/mol. The lowest BCUT2D eigenvalue weighted by Crippen LogP contribution is -2.22. The summed E-state index contributed by atoms with van der Waals surface area (Å²) in [6, 6.07) is 17.7. The van der Waals surface area contributed by atoms with Crippen LogP contribution in [-0.2, 0) is 4.79 Å². The number of nitrogens with zero attached hydrogens (tertiary/aromatic N) is 1. The largest absolute Gasteiger partial charge is 0.477 e. The lowest BCUT2D eigenvalue weighted by molar-refractivity contribution is -0.385. The van der Waals surface area contributed by atoms with Crippen LogP contribution in [0.15, 0.2) is 72.8 Å². The van der Waals surface area contributed by atoms with E-state index in [1.807, 2.05) is 0 Å². The minimum Gasteiger partial charge on any atom is -0.477 e. The van der Waals surface area contributed by atoms with Crippen molar-refractivity contribution in [2.45, 2.75) is 0 Å². The Labute approximate surface area is 164 Å². The van der Waals surface area contributed by atoms with E-state index in [-0.39, 0.29) is 22.8 Å². The molecule has 0 aliphatic rings. The van der Waals surface area contributed by atoms with E-state index in [2.05, 4.69) is 5.32 Å². The number of nitro groups is 1. The molecule has 0 bridgehead atoms. The number of nitrogens with one attached hydrogen (secondary N) is 1. The predicted octanol–water partition coefficient (Wildman–Crippen LogP) is 3.98. The van der Waals surface area contributed by atoms with Crippen LogP contribution >= 0.6 is 0 Å². The van der Waals surface area contributed by atoms with Gasteiger partial charge in [-0.3, -0.25) is 19.7 Å². The van der Waals surface area contributed by atoms with Crippen molar-refractivity contribution in [3.63, 3.8) is 0 Å². The van der Waals surface area contributed by atoms with Crippen LogP contribution in [0.5, 0.6) is 5.75 Å². The third-order valence-corrected chi connectivity index (χ3v) is 3.96. The minimum absolute atomic E-state index is 0.267. The van der Waals surface area contributed by atoms with E-state index in [1.54, 1.807) is 54.6 Å². The normalized spacial score (nSPS) is 10.2. The number of benzene rings is 3. The Morgan fingerprint density at radius 2 is 1.69 bits per heavy atom. The number of ketones is 1. The third-order valence-electron chi connectivity index (χ3n) is 3.96. The number of nitro benzene ring substituents is 1. The molecule has 0 radical (unpaired) electrons. The number of amides is 1. The van der Waals surface area contributed by atoms with Gasteiger partial charge in [0, 0.05) is 23.3 Å². The molecule has 0 saturated carbocycles. The number of ether oxygens (including phenoxy) is 1. The summed E-state index contributed by atoms with van der Waals surface area (Å²) >= 11 is 0. The topological polar surface area (TPSA) is 98.5 Å². The lowest BCUT2D eigenvalue weighted by atomic mass is 10.0. The van der Waals surface area contributed by atoms with Crippen LogP contribution in [0.2, 0.25) is 0 Å². The van der Waals surface area contributed by atoms with Crippen LogP contribution in [0.4, 0.5) is 15.8 Å². The van der Waals surface area contributed by atoms with Gasteiger partial charge in [0.1, 0.15) is 5.82 Å². The Kier molecular flexibility index (Phi) is 5.94. The fourth-order valence-corrected chi connectivity index (χ4v) is 2.62. The Morgan fingerprint density at radius 1 is 1.00 bits per heavy atom. The number of hydrogen-bond donors (Lipinski definition) is 1. The Balaban J connectivity index is 1.73. The van der Waals surface area contributed by atoms with Gasteiger partial charge in [-0.1, -0.05) is 42.5 Å². The number of carbonyl (C=O) groups excluding carboxylic acids is 2. The zero-order valence-electron chi connectivity index (χ0n) is 15.0. The average Bonchev–Trinajstić information content (AvgIpc) is 2.72. The molecular weight excluding hydrogens is 379 g/mol. The summed E-state index contributed by atoms with van der Waals surface area (Å²) in [5, 5.41) is 13.5. The zero-order valence-corrected chi connectivity index (χ0v) is 15.0. The van der Waals surface area contributed by atoms with Crippen molar-refractivity contribution in [2.24, 2.45) is 0 Å². The lowest BCUT2D eigenvalue weighted by Gasteiger charge is -2.11. The first kappa shape index (κ1) is 19.7. The van der Waals surface area contributed by atoms with Crippen molar-refractivity contribution in [3.05, 3.63) is 99.9 Å². The summed E-state index contributed by atoms with van der Waals surface area (Å²) in [6.07, 6.45) is 0. The molecule has 0 aliphatic heterocycles. The maximum Gasteiger partial charge on any atom is 0.311 e. The van der Waals surface area contributed by atoms with Crippen LogP contribution in [0.1, 0.15) is 15.9 Å². The fraction of sp³-hybridized carbons (Fsp3) is 0.0476. The molecule has 0 heterocycles. The van der Waals surface area contributed by atoms with E-state index in [9.17, 15) is 24.1 Å². The standard InChI is InChI=1S/C21H15FN2O5/c22-15-10-11-18(24(27)28)19(12-15)29-13-20(25)23-17-9-5-4-8-16(17)21(26)14-6-2-1-3-7-14/h1-12H,13H2,(H,23,25). The highest BCUT2D eigenvalue weighted by Crippen LogP contribution is 2.27. The van der Waals surface area contributed by atoms with Crippen molar-refractivity contribution in [1.82, 2.24) is 0 Å². The average molecular weight is 394 g/mol. The van der Waals surface area contributed by atoms with E-state index in [1.165, 1.54) is 0 Å². The van der Waals surface area contributed by atoms with Gasteiger partial charge >= 0.3 is 5.69 Å². The summed E-state index contributed by atoms with van der Waals surface area (Å²) in [6.45, 7) is -0.599. The van der Waals surface area contributed by atoms with E-state index in [4.69, 9.17) is 4.74 Å². The van der Waals surface area contributed by atoms with Crippen molar-refractivity contribution >= 4 is 23.1 Å². The molecule has 29 heavy (non-hydrogen) atoms. The highest BCUT2D eigenvalue weighted by molar-refractivity contribution is 6.13. The van der Waals surface area contributed by atoms with Gasteiger partial charge in [-0.15, -0.1) is 0 Å². The first-order chi connectivity index (χ1) is 14.0. The number of rotatable bonds is 7. The van der Waals surface area contributed by atoms with Crippen molar-refractivity contribution in [3.8, 4) is 5.75 Å². The van der Waals surface area contributed by atoms with E-state index in [0.29, 0.717) is 5.56 Å². The molecule has 0 atom stereocenters. The van der Waals surface area contributed by atoms with Gasteiger partial charge in [-0.2, -0.15) is 0 Å². The van der Waals surface area contributed by atoms with Gasteiger partial charge in [0.2, 0.25) is 5.75 Å². The molecule has 0 saturated heterocycles. The quantitative estimate of drug-likeness (QED) is 0.371. The maximum atomic E-state index is 13.3. The van der Waals surface area contributed by atoms with Gasteiger partial charge in [-0.25, -0.2) is 4.39 Å². The number of anilines is 1. The van der Waals surface area contributed by atoms with E-state index >= 15 is 0 Å². The molecule has 8 heteroatoms. The molecule has 0 spiro atoms. The molecular formula is C21H15FN2O5. The van der Waals surface area contributed by atoms with Crippen molar-refractivity contribution < 1.29 is 23.6 Å². The van der Waals surface area contributed by atoms with Gasteiger partial charge in [0.25, 0.3) is 5.91 Å². The van der Waals surface area contributed by atoms with Crippen molar-refractivity contribution in [1.29, 1.82) is 0 Å². The number of para-hydroxylation sites is 1. The molecule has 3 aromatic carbocycles. The monoisotopic (exact) mass is 394 g/mol.